The van der Waals surface area contributed by atoms with Gasteiger partial charge in [0.1, 0.15) is 17.5 Å². The number of hydrogen-bond donors (Lipinski definition) is 0. The number of benzene rings is 1. The molecule has 1 aromatic carbocycles. The van der Waals surface area contributed by atoms with Gasteiger partial charge in [-0.2, -0.15) is 0 Å². The third-order valence-electron chi connectivity index (χ3n) is 2.54. The zero-order chi connectivity index (χ0) is 11.8. The Morgan fingerprint density at radius 3 is 2.44 bits per heavy atom. The molecule has 1 aromatic rings. The Morgan fingerprint density at radius 2 is 2.00 bits per heavy atom. The van der Waals surface area contributed by atoms with Crippen LogP contribution in [0.3, 0.4) is 0 Å². The molecule has 0 spiro atoms. The summed E-state index contributed by atoms with van der Waals surface area (Å²) in [5, 5.41) is 10.5. The van der Waals surface area contributed by atoms with Gasteiger partial charge in [-0.3, -0.25) is 10.1 Å². The summed E-state index contributed by atoms with van der Waals surface area (Å²) in [6.45, 7) is 4.58. The second-order valence-electron chi connectivity index (χ2n) is 4.28. The number of epoxide rings is 1. The zero-order valence-corrected chi connectivity index (χ0v) is 9.17. The molecule has 1 saturated heterocycles. The predicted molar refractivity (Wildman–Crippen MR) is 57.5 cm³/mol. The van der Waals surface area contributed by atoms with Crippen LogP contribution in [-0.2, 0) is 4.74 Å². The Balaban J connectivity index is 2.07. The summed E-state index contributed by atoms with van der Waals surface area (Å²) in [6, 6.07) is 6.06. The fraction of sp³-hybridized carbons (Fsp3) is 0.455. The van der Waals surface area contributed by atoms with Crippen molar-refractivity contribution in [3.63, 3.8) is 0 Å². The second-order valence-corrected chi connectivity index (χ2v) is 4.28. The molecule has 1 heterocycles. The van der Waals surface area contributed by atoms with Crippen LogP contribution >= 0.6 is 0 Å². The maximum absolute atomic E-state index is 10.5. The molecule has 0 radical (unpaired) electrons. The van der Waals surface area contributed by atoms with Gasteiger partial charge in [-0.25, -0.2) is 0 Å². The summed E-state index contributed by atoms with van der Waals surface area (Å²) >= 11 is 0. The van der Waals surface area contributed by atoms with Crippen LogP contribution in [0.25, 0.3) is 0 Å². The van der Waals surface area contributed by atoms with E-state index < -0.39 is 10.5 Å². The van der Waals surface area contributed by atoms with E-state index in [4.69, 9.17) is 9.47 Å². The molecule has 1 aliphatic heterocycles. The molecular formula is C11H13NO4. The summed E-state index contributed by atoms with van der Waals surface area (Å²) in [7, 11) is 0. The molecular weight excluding hydrogens is 210 g/mol. The first-order chi connectivity index (χ1) is 7.49. The Bertz CT molecular complexity index is 395. The molecule has 0 saturated carbocycles. The fourth-order valence-corrected chi connectivity index (χ4v) is 1.45. The number of nitro groups is 1. The van der Waals surface area contributed by atoms with Crippen molar-refractivity contribution < 1.29 is 14.4 Å². The highest BCUT2D eigenvalue weighted by Crippen LogP contribution is 2.30. The molecule has 1 aliphatic rings. The molecule has 0 N–H and O–H groups in total. The predicted octanol–water partition coefficient (Wildman–Crippen LogP) is 2.15. The minimum atomic E-state index is -0.432. The maximum atomic E-state index is 10.5. The third kappa shape index (κ3) is 2.30. The average Bonchev–Trinajstić information content (AvgIpc) is 3.01. The van der Waals surface area contributed by atoms with Crippen molar-refractivity contribution in [3.8, 4) is 5.75 Å². The third-order valence-corrected chi connectivity index (χ3v) is 2.54. The number of non-ortho nitro benzene ring substituents is 1. The Labute approximate surface area is 93.1 Å². The molecule has 0 bridgehead atoms. The van der Waals surface area contributed by atoms with E-state index in [1.807, 2.05) is 13.8 Å². The smallest absolute Gasteiger partial charge is 0.269 e. The molecule has 86 valence electrons. The zero-order valence-electron chi connectivity index (χ0n) is 9.17. The highest BCUT2D eigenvalue weighted by atomic mass is 16.6. The standard InChI is InChI=1S/C11H13NO4/c1-11(2,10-7-15-10)16-9-5-3-8(4-6-9)12(13)14/h3-6,10H,7H2,1-2H3. The fourth-order valence-electron chi connectivity index (χ4n) is 1.45. The van der Waals surface area contributed by atoms with Gasteiger partial charge in [-0.05, 0) is 26.0 Å². The van der Waals surface area contributed by atoms with Crippen molar-refractivity contribution in [2.75, 3.05) is 6.61 Å². The normalized spacial score (nSPS) is 19.2. The lowest BCUT2D eigenvalue weighted by molar-refractivity contribution is -0.384. The highest BCUT2D eigenvalue weighted by molar-refractivity contribution is 5.36. The van der Waals surface area contributed by atoms with Gasteiger partial charge in [-0.1, -0.05) is 0 Å². The summed E-state index contributed by atoms with van der Waals surface area (Å²) in [4.78, 5) is 10.0. The van der Waals surface area contributed by atoms with Gasteiger partial charge in [-0.15, -0.1) is 0 Å². The molecule has 1 fully saturated rings. The molecule has 5 heteroatoms. The van der Waals surface area contributed by atoms with Gasteiger partial charge < -0.3 is 9.47 Å². The van der Waals surface area contributed by atoms with Gasteiger partial charge in [0.05, 0.1) is 11.5 Å². The van der Waals surface area contributed by atoms with Crippen LogP contribution < -0.4 is 4.74 Å². The highest BCUT2D eigenvalue weighted by Gasteiger charge is 2.41. The molecule has 0 aliphatic carbocycles. The Morgan fingerprint density at radius 1 is 1.44 bits per heavy atom. The molecule has 0 amide bonds. The van der Waals surface area contributed by atoms with E-state index in [1.165, 1.54) is 12.1 Å². The Hall–Kier alpha value is -1.62. The first-order valence-electron chi connectivity index (χ1n) is 5.04. The van der Waals surface area contributed by atoms with Crippen LogP contribution in [0.5, 0.6) is 5.75 Å². The summed E-state index contributed by atoms with van der Waals surface area (Å²) in [5.41, 5.74) is -0.330. The Kier molecular flexibility index (Phi) is 2.55. The van der Waals surface area contributed by atoms with Crippen LogP contribution in [0.15, 0.2) is 24.3 Å². The van der Waals surface area contributed by atoms with Crippen molar-refractivity contribution in [2.45, 2.75) is 25.6 Å². The van der Waals surface area contributed by atoms with Gasteiger partial charge in [0, 0.05) is 12.1 Å². The first kappa shape index (κ1) is 10.9. The summed E-state index contributed by atoms with van der Waals surface area (Å²) in [6.07, 6.45) is 0.114. The number of nitrogens with zero attached hydrogens (tertiary/aromatic N) is 1. The van der Waals surface area contributed by atoms with E-state index in [0.717, 1.165) is 0 Å². The van der Waals surface area contributed by atoms with Crippen molar-refractivity contribution in [2.24, 2.45) is 0 Å². The quantitative estimate of drug-likeness (QED) is 0.445. The van der Waals surface area contributed by atoms with Crippen LogP contribution in [0.4, 0.5) is 5.69 Å². The van der Waals surface area contributed by atoms with Gasteiger partial charge >= 0.3 is 0 Å². The molecule has 2 rings (SSSR count). The van der Waals surface area contributed by atoms with E-state index in [0.29, 0.717) is 12.4 Å². The second kappa shape index (κ2) is 3.75. The number of hydrogen-bond acceptors (Lipinski definition) is 4. The van der Waals surface area contributed by atoms with Crippen molar-refractivity contribution in [1.82, 2.24) is 0 Å². The van der Waals surface area contributed by atoms with Crippen LogP contribution in [0.2, 0.25) is 0 Å². The van der Waals surface area contributed by atoms with Crippen LogP contribution in [0, 0.1) is 10.1 Å². The van der Waals surface area contributed by atoms with Crippen LogP contribution in [-0.4, -0.2) is 23.2 Å². The van der Waals surface area contributed by atoms with Crippen molar-refractivity contribution in [1.29, 1.82) is 0 Å². The largest absolute Gasteiger partial charge is 0.485 e. The number of ether oxygens (including phenoxy) is 2. The van der Waals surface area contributed by atoms with Crippen molar-refractivity contribution in [3.05, 3.63) is 34.4 Å². The van der Waals surface area contributed by atoms with E-state index in [1.54, 1.807) is 12.1 Å². The molecule has 0 aromatic heterocycles. The monoisotopic (exact) mass is 223 g/mol. The summed E-state index contributed by atoms with van der Waals surface area (Å²) in [5.74, 6) is 0.617. The van der Waals surface area contributed by atoms with Gasteiger partial charge in [0.25, 0.3) is 5.69 Å². The van der Waals surface area contributed by atoms with Crippen LogP contribution in [0.1, 0.15) is 13.8 Å². The SMILES string of the molecule is CC(C)(Oc1ccc([N+](=O)[O-])cc1)C1CO1. The molecule has 5 nitrogen and oxygen atoms in total. The molecule has 1 unspecified atom stereocenters. The van der Waals surface area contributed by atoms with E-state index in [2.05, 4.69) is 0 Å². The average molecular weight is 223 g/mol. The van der Waals surface area contributed by atoms with Crippen molar-refractivity contribution >= 4 is 5.69 Å². The maximum Gasteiger partial charge on any atom is 0.269 e. The number of nitro benzene ring substituents is 1. The van der Waals surface area contributed by atoms with E-state index >= 15 is 0 Å². The van der Waals surface area contributed by atoms with Gasteiger partial charge in [0.2, 0.25) is 0 Å². The van der Waals surface area contributed by atoms with Gasteiger partial charge in [0.15, 0.2) is 0 Å². The van der Waals surface area contributed by atoms with E-state index in [-0.39, 0.29) is 11.8 Å². The lowest BCUT2D eigenvalue weighted by atomic mass is 10.1. The van der Waals surface area contributed by atoms with E-state index in [9.17, 15) is 10.1 Å². The molecule has 1 atom stereocenters. The minimum Gasteiger partial charge on any atom is -0.485 e. The molecule has 16 heavy (non-hydrogen) atoms. The number of rotatable bonds is 4. The lowest BCUT2D eigenvalue weighted by Gasteiger charge is -2.24. The summed E-state index contributed by atoms with van der Waals surface area (Å²) < 4.78 is 10.9. The lowest BCUT2D eigenvalue weighted by Crippen LogP contribution is -2.34. The topological polar surface area (TPSA) is 64.9 Å². The first-order valence-corrected chi connectivity index (χ1v) is 5.04. The minimum absolute atomic E-state index is 0.0628.